The number of unbranched alkanes of at least 4 members (excludes halogenated alkanes) is 10. The summed E-state index contributed by atoms with van der Waals surface area (Å²) >= 11 is 1.48. The average Bonchev–Trinajstić information content (AvgIpc) is 3.41. The molecule has 1 rings (SSSR count). The summed E-state index contributed by atoms with van der Waals surface area (Å²) in [5.41, 5.74) is -0.257. The maximum Gasteiger partial charge on any atom is 0.408 e. The van der Waals surface area contributed by atoms with Crippen molar-refractivity contribution in [2.45, 2.75) is 155 Å². The zero-order valence-corrected chi connectivity index (χ0v) is 30.1. The van der Waals surface area contributed by atoms with E-state index in [1.807, 2.05) is 31.6 Å². The van der Waals surface area contributed by atoms with Gasteiger partial charge in [-0.15, -0.1) is 5.10 Å². The van der Waals surface area contributed by atoms with Crippen molar-refractivity contribution < 1.29 is 28.6 Å². The zero-order chi connectivity index (χ0) is 33.7. The molecule has 260 valence electrons. The highest BCUT2D eigenvalue weighted by Gasteiger charge is 2.30. The van der Waals surface area contributed by atoms with Crippen LogP contribution in [0.4, 0.5) is 4.79 Å². The molecule has 1 heterocycles. The van der Waals surface area contributed by atoms with Gasteiger partial charge in [0.2, 0.25) is 5.91 Å². The van der Waals surface area contributed by atoms with E-state index in [2.05, 4.69) is 27.9 Å². The van der Waals surface area contributed by atoms with Crippen LogP contribution in [0.5, 0.6) is 0 Å². The smallest absolute Gasteiger partial charge is 0.408 e. The van der Waals surface area contributed by atoms with Crippen LogP contribution >= 0.6 is 11.8 Å². The number of aryl methyl sites for hydroxylation is 2. The van der Waals surface area contributed by atoms with Crippen LogP contribution in [0.1, 0.15) is 125 Å². The average molecular weight is 656 g/mol. The molecule has 0 unspecified atom stereocenters. The molecule has 0 spiro atoms. The Morgan fingerprint density at radius 3 is 2.02 bits per heavy atom. The standard InChI is InChI=1S/C33H61N5O6S/c1-9-10-11-12-13-14-15-16-17-18-19-20-26-23-38(37-36-26)21-22-45-25-28(35-31(41)44-33(5,6)7)29(39)34-27(30(40)42-8)24-43-32(2,3)4/h23,27-28H,9-22,24-25H2,1-8H3,(H,34,39)(H,35,41)/t27-,28-/m0/s1. The fourth-order valence-corrected chi connectivity index (χ4v) is 5.39. The van der Waals surface area contributed by atoms with Crippen LogP contribution in [0.3, 0.4) is 0 Å². The molecular weight excluding hydrogens is 594 g/mol. The lowest BCUT2D eigenvalue weighted by Gasteiger charge is -2.26. The highest BCUT2D eigenvalue weighted by atomic mass is 32.2. The van der Waals surface area contributed by atoms with E-state index in [0.29, 0.717) is 12.3 Å². The fraction of sp³-hybridized carbons (Fsp3) is 0.848. The maximum atomic E-state index is 13.2. The molecule has 0 aromatic carbocycles. The van der Waals surface area contributed by atoms with E-state index in [1.54, 1.807) is 20.8 Å². The molecule has 0 saturated carbocycles. The molecule has 0 radical (unpaired) electrons. The summed E-state index contributed by atoms with van der Waals surface area (Å²) in [4.78, 5) is 38.1. The van der Waals surface area contributed by atoms with Crippen molar-refractivity contribution in [2.75, 3.05) is 25.2 Å². The molecule has 45 heavy (non-hydrogen) atoms. The largest absolute Gasteiger partial charge is 0.467 e. The number of aromatic nitrogens is 3. The van der Waals surface area contributed by atoms with E-state index in [9.17, 15) is 14.4 Å². The van der Waals surface area contributed by atoms with Gasteiger partial charge in [0.25, 0.3) is 0 Å². The molecule has 12 heteroatoms. The van der Waals surface area contributed by atoms with Crippen LogP contribution < -0.4 is 10.6 Å². The van der Waals surface area contributed by atoms with Gasteiger partial charge < -0.3 is 24.8 Å². The van der Waals surface area contributed by atoms with Crippen molar-refractivity contribution in [1.29, 1.82) is 0 Å². The summed E-state index contributed by atoms with van der Waals surface area (Å²) in [6.45, 7) is 13.6. The van der Waals surface area contributed by atoms with Crippen LogP contribution in [-0.4, -0.2) is 81.5 Å². The number of nitrogens with one attached hydrogen (secondary N) is 2. The molecule has 0 fully saturated rings. The van der Waals surface area contributed by atoms with Gasteiger partial charge in [-0.3, -0.25) is 9.48 Å². The quantitative estimate of drug-likeness (QED) is 0.104. The lowest BCUT2D eigenvalue weighted by molar-refractivity contribution is -0.148. The van der Waals surface area contributed by atoms with Crippen molar-refractivity contribution >= 4 is 29.7 Å². The van der Waals surface area contributed by atoms with Gasteiger partial charge in [0.05, 0.1) is 31.6 Å². The summed E-state index contributed by atoms with van der Waals surface area (Å²) in [5.74, 6) is -0.253. The molecular formula is C33H61N5O6S. The summed E-state index contributed by atoms with van der Waals surface area (Å²) in [6.07, 6.45) is 16.6. The first-order valence-corrected chi connectivity index (χ1v) is 17.9. The lowest BCUT2D eigenvalue weighted by Crippen LogP contribution is -2.55. The minimum absolute atomic E-state index is 0.0674. The third-order valence-corrected chi connectivity index (χ3v) is 7.90. The van der Waals surface area contributed by atoms with Gasteiger partial charge in [-0.2, -0.15) is 11.8 Å². The Morgan fingerprint density at radius 1 is 0.867 bits per heavy atom. The molecule has 1 aromatic heterocycles. The van der Waals surface area contributed by atoms with Crippen LogP contribution in [-0.2, 0) is 36.8 Å². The van der Waals surface area contributed by atoms with Crippen LogP contribution in [0, 0.1) is 0 Å². The molecule has 2 atom stereocenters. The number of carbonyl (C=O) groups is 3. The first-order valence-electron chi connectivity index (χ1n) is 16.7. The number of hydrogen-bond acceptors (Lipinski definition) is 9. The van der Waals surface area contributed by atoms with Gasteiger partial charge in [0, 0.05) is 17.7 Å². The Balaban J connectivity index is 2.53. The monoisotopic (exact) mass is 655 g/mol. The van der Waals surface area contributed by atoms with E-state index in [4.69, 9.17) is 14.2 Å². The molecule has 0 saturated heterocycles. The van der Waals surface area contributed by atoms with Crippen LogP contribution in [0.25, 0.3) is 0 Å². The number of carbonyl (C=O) groups excluding carboxylic acids is 3. The second-order valence-corrected chi connectivity index (χ2v) is 14.7. The Kier molecular flexibility index (Phi) is 20.1. The topological polar surface area (TPSA) is 134 Å². The maximum absolute atomic E-state index is 13.2. The highest BCUT2D eigenvalue weighted by Crippen LogP contribution is 2.14. The lowest BCUT2D eigenvalue weighted by atomic mass is 10.0. The van der Waals surface area contributed by atoms with Crippen molar-refractivity contribution in [3.8, 4) is 0 Å². The summed E-state index contributed by atoms with van der Waals surface area (Å²) in [6, 6.07) is -1.97. The second-order valence-electron chi connectivity index (χ2n) is 13.5. The van der Waals surface area contributed by atoms with E-state index in [1.165, 1.54) is 83.1 Å². The number of thioether (sulfide) groups is 1. The van der Waals surface area contributed by atoms with E-state index in [-0.39, 0.29) is 12.4 Å². The van der Waals surface area contributed by atoms with Gasteiger partial charge in [-0.05, 0) is 54.4 Å². The first-order chi connectivity index (χ1) is 21.2. The van der Waals surface area contributed by atoms with Gasteiger partial charge in [0.1, 0.15) is 11.6 Å². The Labute approximate surface area is 276 Å². The predicted molar refractivity (Wildman–Crippen MR) is 180 cm³/mol. The number of alkyl carbamates (subject to hydrolysis) is 1. The zero-order valence-electron chi connectivity index (χ0n) is 29.2. The minimum atomic E-state index is -1.02. The third-order valence-electron chi connectivity index (χ3n) is 6.86. The predicted octanol–water partition coefficient (Wildman–Crippen LogP) is 6.23. The Morgan fingerprint density at radius 2 is 1.47 bits per heavy atom. The Bertz CT molecular complexity index is 976. The van der Waals surface area contributed by atoms with Gasteiger partial charge >= 0.3 is 12.1 Å². The molecule has 1 aromatic rings. The number of esters is 1. The Hall–Kier alpha value is -2.34. The molecule has 2 amide bonds. The van der Waals surface area contributed by atoms with Crippen molar-refractivity contribution in [2.24, 2.45) is 0 Å². The SMILES string of the molecule is CCCCCCCCCCCCCc1cn(CCSC[C@H](NC(=O)OC(C)(C)C)C(=O)N[C@@H](COC(C)(C)C)C(=O)OC)nn1. The number of amides is 2. The first kappa shape index (κ1) is 40.7. The molecule has 0 bridgehead atoms. The normalized spacial score (nSPS) is 13.2. The van der Waals surface area contributed by atoms with E-state index < -0.39 is 41.3 Å². The van der Waals surface area contributed by atoms with Crippen LogP contribution in [0.15, 0.2) is 6.20 Å². The molecule has 0 aliphatic carbocycles. The van der Waals surface area contributed by atoms with E-state index in [0.717, 1.165) is 18.5 Å². The molecule has 11 nitrogen and oxygen atoms in total. The number of hydrogen-bond donors (Lipinski definition) is 2. The second kappa shape index (κ2) is 22.2. The number of nitrogens with zero attached hydrogens (tertiary/aromatic N) is 3. The summed E-state index contributed by atoms with van der Waals surface area (Å²) in [7, 11) is 1.25. The molecule has 0 aliphatic rings. The van der Waals surface area contributed by atoms with Crippen molar-refractivity contribution in [1.82, 2.24) is 25.6 Å². The molecule has 2 N–H and O–H groups in total. The highest BCUT2D eigenvalue weighted by molar-refractivity contribution is 7.99. The number of ether oxygens (including phenoxy) is 3. The van der Waals surface area contributed by atoms with Gasteiger partial charge in [-0.25, -0.2) is 9.59 Å². The van der Waals surface area contributed by atoms with E-state index >= 15 is 0 Å². The summed E-state index contributed by atoms with van der Waals surface area (Å²) < 4.78 is 17.7. The third kappa shape index (κ3) is 21.2. The fourth-order valence-electron chi connectivity index (χ4n) is 4.44. The van der Waals surface area contributed by atoms with Crippen LogP contribution in [0.2, 0.25) is 0 Å². The van der Waals surface area contributed by atoms with Gasteiger partial charge in [0.15, 0.2) is 6.04 Å². The van der Waals surface area contributed by atoms with Gasteiger partial charge in [-0.1, -0.05) is 76.3 Å². The van der Waals surface area contributed by atoms with Crippen molar-refractivity contribution in [3.05, 3.63) is 11.9 Å². The number of rotatable bonds is 23. The number of methoxy groups -OCH3 is 1. The minimum Gasteiger partial charge on any atom is -0.467 e. The summed E-state index contributed by atoms with van der Waals surface area (Å²) in [5, 5.41) is 13.9. The molecule has 0 aliphatic heterocycles. The van der Waals surface area contributed by atoms with Crippen molar-refractivity contribution in [3.63, 3.8) is 0 Å².